The smallest absolute Gasteiger partial charge is 0.318 e. The van der Waals surface area contributed by atoms with Crippen molar-refractivity contribution in [2.24, 2.45) is 0 Å². The number of hydrogen-bond donors (Lipinski definition) is 1. The molecule has 1 aliphatic rings. The lowest BCUT2D eigenvalue weighted by Crippen LogP contribution is -2.44. The number of rotatable bonds is 3. The van der Waals surface area contributed by atoms with Crippen LogP contribution in [0.4, 0.5) is 4.79 Å². The van der Waals surface area contributed by atoms with Gasteiger partial charge in [-0.05, 0) is 42.2 Å². The summed E-state index contributed by atoms with van der Waals surface area (Å²) < 4.78 is 5.31. The van der Waals surface area contributed by atoms with Crippen LogP contribution < -0.4 is 10.1 Å². The summed E-state index contributed by atoms with van der Waals surface area (Å²) in [6.45, 7) is 3.36. The number of amides is 2. The summed E-state index contributed by atoms with van der Waals surface area (Å²) >= 11 is 0. The van der Waals surface area contributed by atoms with Crippen LogP contribution >= 0.6 is 0 Å². The third-order valence-electron chi connectivity index (χ3n) is 4.44. The van der Waals surface area contributed by atoms with Gasteiger partial charge in [-0.15, -0.1) is 0 Å². The summed E-state index contributed by atoms with van der Waals surface area (Å²) in [6, 6.07) is 16.1. The first kappa shape index (κ1) is 15.4. The highest BCUT2D eigenvalue weighted by atomic mass is 16.5. The van der Waals surface area contributed by atoms with Gasteiger partial charge in [0, 0.05) is 13.1 Å². The summed E-state index contributed by atoms with van der Waals surface area (Å²) in [5.74, 6) is 0.835. The Labute approximate surface area is 137 Å². The number of methoxy groups -OCH3 is 1. The zero-order chi connectivity index (χ0) is 16.2. The lowest BCUT2D eigenvalue weighted by Gasteiger charge is -2.35. The number of benzene rings is 2. The molecule has 1 unspecified atom stereocenters. The molecule has 0 saturated heterocycles. The zero-order valence-corrected chi connectivity index (χ0v) is 13.6. The fraction of sp³-hybridized carbons (Fsp3) is 0.316. The molecule has 0 fully saturated rings. The van der Waals surface area contributed by atoms with E-state index in [1.165, 1.54) is 11.1 Å². The fourth-order valence-electron chi connectivity index (χ4n) is 3.07. The second-order valence-electron chi connectivity index (χ2n) is 5.83. The van der Waals surface area contributed by atoms with Crippen LogP contribution in [-0.2, 0) is 13.0 Å². The zero-order valence-electron chi connectivity index (χ0n) is 13.6. The molecular formula is C19H22N2O2. The molecule has 0 aliphatic carbocycles. The van der Waals surface area contributed by atoms with Crippen LogP contribution in [0.3, 0.4) is 0 Å². The van der Waals surface area contributed by atoms with E-state index in [1.54, 1.807) is 7.11 Å². The van der Waals surface area contributed by atoms with Crippen LogP contribution in [-0.4, -0.2) is 24.6 Å². The van der Waals surface area contributed by atoms with Gasteiger partial charge in [-0.1, -0.05) is 36.4 Å². The average Bonchev–Trinajstić information content (AvgIpc) is 2.60. The predicted molar refractivity (Wildman–Crippen MR) is 90.5 cm³/mol. The number of nitrogens with zero attached hydrogens (tertiary/aromatic N) is 1. The van der Waals surface area contributed by atoms with Crippen LogP contribution in [0.25, 0.3) is 0 Å². The average molecular weight is 310 g/mol. The van der Waals surface area contributed by atoms with Gasteiger partial charge in [-0.3, -0.25) is 0 Å². The summed E-state index contributed by atoms with van der Waals surface area (Å²) in [5.41, 5.74) is 3.57. The van der Waals surface area contributed by atoms with E-state index in [-0.39, 0.29) is 12.1 Å². The van der Waals surface area contributed by atoms with Gasteiger partial charge in [-0.2, -0.15) is 0 Å². The molecule has 1 N–H and O–H groups in total. The number of nitrogens with one attached hydrogen (secondary N) is 1. The number of hydrogen-bond acceptors (Lipinski definition) is 2. The maximum Gasteiger partial charge on any atom is 0.318 e. The third kappa shape index (κ3) is 3.31. The van der Waals surface area contributed by atoms with Gasteiger partial charge < -0.3 is 15.0 Å². The lowest BCUT2D eigenvalue weighted by atomic mass is 9.93. The van der Waals surface area contributed by atoms with Gasteiger partial charge >= 0.3 is 6.03 Å². The van der Waals surface area contributed by atoms with Gasteiger partial charge in [-0.25, -0.2) is 4.79 Å². The van der Waals surface area contributed by atoms with Crippen molar-refractivity contribution < 1.29 is 9.53 Å². The molecule has 1 aliphatic heterocycles. The Balaban J connectivity index is 1.69. The first-order valence-corrected chi connectivity index (χ1v) is 7.94. The Kier molecular flexibility index (Phi) is 4.51. The molecule has 0 bridgehead atoms. The Morgan fingerprint density at radius 1 is 1.26 bits per heavy atom. The maximum atomic E-state index is 12.5. The van der Waals surface area contributed by atoms with Crippen LogP contribution in [0.15, 0.2) is 48.5 Å². The molecule has 0 aromatic heterocycles. The van der Waals surface area contributed by atoms with Crippen molar-refractivity contribution in [3.63, 3.8) is 0 Å². The van der Waals surface area contributed by atoms with Gasteiger partial charge in [0.2, 0.25) is 0 Å². The molecule has 0 spiro atoms. The van der Waals surface area contributed by atoms with E-state index in [0.29, 0.717) is 6.54 Å². The predicted octanol–water partition coefficient (Wildman–Crippen LogP) is 3.52. The van der Waals surface area contributed by atoms with Crippen LogP contribution in [0.1, 0.15) is 29.7 Å². The van der Waals surface area contributed by atoms with Crippen LogP contribution in [0.5, 0.6) is 5.75 Å². The summed E-state index contributed by atoms with van der Waals surface area (Å²) in [4.78, 5) is 14.4. The highest BCUT2D eigenvalue weighted by Gasteiger charge is 2.27. The van der Waals surface area contributed by atoms with Gasteiger partial charge in [0.1, 0.15) is 5.75 Å². The lowest BCUT2D eigenvalue weighted by molar-refractivity contribution is 0.174. The van der Waals surface area contributed by atoms with E-state index in [1.807, 2.05) is 47.4 Å². The Morgan fingerprint density at radius 2 is 2.04 bits per heavy atom. The summed E-state index contributed by atoms with van der Waals surface area (Å²) in [5, 5.41) is 3.01. The number of carbonyl (C=O) groups is 1. The van der Waals surface area contributed by atoms with E-state index in [2.05, 4.69) is 18.3 Å². The minimum absolute atomic E-state index is 0.0187. The molecule has 2 aromatic rings. The maximum absolute atomic E-state index is 12.5. The molecular weight excluding hydrogens is 288 g/mol. The number of urea groups is 1. The minimum atomic E-state index is -0.0187. The molecule has 0 radical (unpaired) electrons. The van der Waals surface area contributed by atoms with E-state index < -0.39 is 0 Å². The summed E-state index contributed by atoms with van der Waals surface area (Å²) in [6.07, 6.45) is 0.877. The normalized spacial score (nSPS) is 16.6. The van der Waals surface area contributed by atoms with Crippen molar-refractivity contribution in [1.82, 2.24) is 10.2 Å². The van der Waals surface area contributed by atoms with Crippen molar-refractivity contribution in [1.29, 1.82) is 0 Å². The van der Waals surface area contributed by atoms with Crippen molar-refractivity contribution in [2.45, 2.75) is 25.9 Å². The minimum Gasteiger partial charge on any atom is -0.497 e. The highest BCUT2D eigenvalue weighted by Crippen LogP contribution is 2.32. The van der Waals surface area contributed by atoms with Crippen LogP contribution in [0.2, 0.25) is 0 Å². The Bertz CT molecular complexity index is 685. The Hall–Kier alpha value is -2.49. The molecule has 120 valence electrons. The Morgan fingerprint density at radius 3 is 2.78 bits per heavy atom. The largest absolute Gasteiger partial charge is 0.497 e. The molecule has 1 heterocycles. The van der Waals surface area contributed by atoms with E-state index in [9.17, 15) is 4.79 Å². The molecule has 2 aromatic carbocycles. The second kappa shape index (κ2) is 6.73. The third-order valence-corrected chi connectivity index (χ3v) is 4.44. The quantitative estimate of drug-likeness (QED) is 0.942. The molecule has 23 heavy (non-hydrogen) atoms. The molecule has 2 amide bonds. The molecule has 4 nitrogen and oxygen atoms in total. The number of carbonyl (C=O) groups excluding carboxylic acids is 1. The van der Waals surface area contributed by atoms with Crippen molar-refractivity contribution >= 4 is 6.03 Å². The first-order chi connectivity index (χ1) is 11.2. The van der Waals surface area contributed by atoms with Gasteiger partial charge in [0.25, 0.3) is 0 Å². The van der Waals surface area contributed by atoms with Gasteiger partial charge in [0.15, 0.2) is 0 Å². The first-order valence-electron chi connectivity index (χ1n) is 7.94. The fourth-order valence-corrected chi connectivity index (χ4v) is 3.07. The topological polar surface area (TPSA) is 41.6 Å². The molecule has 1 atom stereocenters. The van der Waals surface area contributed by atoms with E-state index in [0.717, 1.165) is 24.3 Å². The monoisotopic (exact) mass is 310 g/mol. The van der Waals surface area contributed by atoms with Crippen molar-refractivity contribution in [3.05, 3.63) is 65.2 Å². The van der Waals surface area contributed by atoms with E-state index in [4.69, 9.17) is 4.74 Å². The van der Waals surface area contributed by atoms with Crippen molar-refractivity contribution in [2.75, 3.05) is 13.7 Å². The standard InChI is InChI=1S/C19H22N2O2/c1-14-18-12-17(23-2)9-8-16(18)10-11-21(14)19(22)20-13-15-6-4-3-5-7-15/h3-9,12,14H,10-11,13H2,1-2H3,(H,20,22). The second-order valence-corrected chi connectivity index (χ2v) is 5.83. The number of ether oxygens (including phenoxy) is 1. The molecule has 4 heteroatoms. The van der Waals surface area contributed by atoms with E-state index >= 15 is 0 Å². The highest BCUT2D eigenvalue weighted by molar-refractivity contribution is 5.75. The molecule has 0 saturated carbocycles. The van der Waals surface area contributed by atoms with Crippen molar-refractivity contribution in [3.8, 4) is 5.75 Å². The van der Waals surface area contributed by atoms with Crippen LogP contribution in [0, 0.1) is 0 Å². The number of fused-ring (bicyclic) bond motifs is 1. The van der Waals surface area contributed by atoms with Gasteiger partial charge in [0.05, 0.1) is 13.2 Å². The molecule has 3 rings (SSSR count). The SMILES string of the molecule is COc1ccc2c(c1)C(C)N(C(=O)NCc1ccccc1)CC2. The summed E-state index contributed by atoms with van der Waals surface area (Å²) in [7, 11) is 1.67.